The van der Waals surface area contributed by atoms with Gasteiger partial charge < -0.3 is 4.98 Å². The van der Waals surface area contributed by atoms with Crippen LogP contribution in [0.25, 0.3) is 16.8 Å². The average Bonchev–Trinajstić information content (AvgIpc) is 3.15. The first-order valence-electron chi connectivity index (χ1n) is 8.25. The lowest BCUT2D eigenvalue weighted by Gasteiger charge is -2.41. The van der Waals surface area contributed by atoms with Crippen LogP contribution in [0.1, 0.15) is 40.8 Å². The van der Waals surface area contributed by atoms with E-state index in [2.05, 4.69) is 24.9 Å². The highest BCUT2D eigenvalue weighted by atomic mass is 32.2. The molecule has 2 fully saturated rings. The third kappa shape index (κ3) is 2.15. The Morgan fingerprint density at radius 3 is 2.92 bits per heavy atom. The van der Waals surface area contributed by atoms with E-state index in [4.69, 9.17) is 0 Å². The van der Waals surface area contributed by atoms with E-state index < -0.39 is 15.6 Å². The Balaban J connectivity index is 0.000000980. The minimum atomic E-state index is -3.22. The number of aromatic amines is 1. The molecular weight excluding hydrogens is 328 g/mol. The highest BCUT2D eigenvalue weighted by Gasteiger charge is 2.46. The SMILES string of the molecule is O=S(=O)(NC1(Cc2nnc3cnc4[nH]ccc4n23)CCC1)C1CC1.[HH].[HH]. The summed E-state index contributed by atoms with van der Waals surface area (Å²) in [7, 11) is -3.22. The Morgan fingerprint density at radius 2 is 2.21 bits per heavy atom. The third-order valence-electron chi connectivity index (χ3n) is 5.14. The van der Waals surface area contributed by atoms with Gasteiger partial charge in [-0.1, -0.05) is 0 Å². The van der Waals surface area contributed by atoms with Crippen molar-refractivity contribution in [1.82, 2.24) is 29.3 Å². The predicted molar refractivity (Wildman–Crippen MR) is 92.2 cm³/mol. The molecule has 3 aromatic heterocycles. The largest absolute Gasteiger partial charge is 0.345 e. The van der Waals surface area contributed by atoms with Gasteiger partial charge in [-0.3, -0.25) is 4.40 Å². The van der Waals surface area contributed by atoms with Crippen molar-refractivity contribution < 1.29 is 11.3 Å². The normalized spacial score (nSPS) is 20.5. The number of rotatable bonds is 5. The van der Waals surface area contributed by atoms with Crippen LogP contribution >= 0.6 is 0 Å². The van der Waals surface area contributed by atoms with Gasteiger partial charge in [-0.05, 0) is 38.2 Å². The Kier molecular flexibility index (Phi) is 2.85. The van der Waals surface area contributed by atoms with Gasteiger partial charge in [-0.2, -0.15) is 0 Å². The number of H-pyrrole nitrogens is 1. The second kappa shape index (κ2) is 4.76. The molecule has 2 saturated carbocycles. The molecule has 5 rings (SSSR count). The lowest BCUT2D eigenvalue weighted by Crippen LogP contribution is -2.56. The molecular formula is C15H22N6O2S. The molecule has 3 heterocycles. The average molecular weight is 350 g/mol. The van der Waals surface area contributed by atoms with E-state index in [1.165, 1.54) is 0 Å². The van der Waals surface area contributed by atoms with Crippen LogP contribution in [-0.4, -0.2) is 43.8 Å². The Labute approximate surface area is 141 Å². The van der Waals surface area contributed by atoms with Crippen molar-refractivity contribution in [1.29, 1.82) is 0 Å². The second-order valence-corrected chi connectivity index (χ2v) is 8.90. The zero-order chi connectivity index (χ0) is 16.4. The maximum atomic E-state index is 12.4. The van der Waals surface area contributed by atoms with Crippen molar-refractivity contribution in [3.8, 4) is 0 Å². The molecule has 0 amide bonds. The van der Waals surface area contributed by atoms with E-state index in [0.29, 0.717) is 12.1 Å². The molecule has 0 atom stereocenters. The molecule has 130 valence electrons. The highest BCUT2D eigenvalue weighted by molar-refractivity contribution is 7.90. The van der Waals surface area contributed by atoms with Crippen molar-refractivity contribution in [2.45, 2.75) is 49.3 Å². The lowest BCUT2D eigenvalue weighted by molar-refractivity contribution is 0.216. The van der Waals surface area contributed by atoms with Crippen LogP contribution < -0.4 is 4.72 Å². The summed E-state index contributed by atoms with van der Waals surface area (Å²) < 4.78 is 29.7. The molecule has 24 heavy (non-hydrogen) atoms. The van der Waals surface area contributed by atoms with Crippen LogP contribution in [0.3, 0.4) is 0 Å². The Morgan fingerprint density at radius 1 is 1.38 bits per heavy atom. The summed E-state index contributed by atoms with van der Waals surface area (Å²) >= 11 is 0. The van der Waals surface area contributed by atoms with E-state index in [9.17, 15) is 8.42 Å². The van der Waals surface area contributed by atoms with Gasteiger partial charge in [-0.15, -0.1) is 10.2 Å². The highest BCUT2D eigenvalue weighted by Crippen LogP contribution is 2.38. The maximum Gasteiger partial charge on any atom is 0.214 e. The van der Waals surface area contributed by atoms with Crippen molar-refractivity contribution in [3.05, 3.63) is 24.3 Å². The number of nitrogens with one attached hydrogen (secondary N) is 2. The molecule has 0 aliphatic heterocycles. The Hall–Kier alpha value is -2.00. The van der Waals surface area contributed by atoms with Crippen molar-refractivity contribution in [3.63, 3.8) is 0 Å². The summed E-state index contributed by atoms with van der Waals surface area (Å²) in [6.07, 6.45) is 8.32. The number of hydrogen-bond acceptors (Lipinski definition) is 5. The van der Waals surface area contributed by atoms with Crippen molar-refractivity contribution >= 4 is 26.8 Å². The zero-order valence-electron chi connectivity index (χ0n) is 13.1. The van der Waals surface area contributed by atoms with Gasteiger partial charge in [0.2, 0.25) is 10.0 Å². The molecule has 8 nitrogen and oxygen atoms in total. The summed E-state index contributed by atoms with van der Waals surface area (Å²) in [5.41, 5.74) is 1.93. The molecule has 0 aromatic carbocycles. The molecule has 0 saturated heterocycles. The number of hydrogen-bond donors (Lipinski definition) is 2. The van der Waals surface area contributed by atoms with Crippen molar-refractivity contribution in [2.24, 2.45) is 0 Å². The predicted octanol–water partition coefficient (Wildman–Crippen LogP) is 1.64. The topological polar surface area (TPSA) is 105 Å². The summed E-state index contributed by atoms with van der Waals surface area (Å²) in [6, 6.07) is 1.93. The first-order chi connectivity index (χ1) is 11.6. The van der Waals surface area contributed by atoms with Crippen LogP contribution in [0, 0.1) is 0 Å². The number of fused-ring (bicyclic) bond motifs is 3. The van der Waals surface area contributed by atoms with Gasteiger partial charge in [0.05, 0.1) is 17.0 Å². The smallest absolute Gasteiger partial charge is 0.214 e. The van der Waals surface area contributed by atoms with Crippen LogP contribution in [0.4, 0.5) is 0 Å². The first-order valence-corrected chi connectivity index (χ1v) is 9.80. The monoisotopic (exact) mass is 350 g/mol. The lowest BCUT2D eigenvalue weighted by atomic mass is 9.75. The summed E-state index contributed by atoms with van der Waals surface area (Å²) in [6.45, 7) is 0. The third-order valence-corrected chi connectivity index (χ3v) is 7.20. The fraction of sp³-hybridized carbons (Fsp3) is 0.533. The molecule has 2 aliphatic carbocycles. The minimum Gasteiger partial charge on any atom is -0.345 e. The fourth-order valence-electron chi connectivity index (χ4n) is 3.53. The van der Waals surface area contributed by atoms with E-state index in [-0.39, 0.29) is 8.10 Å². The van der Waals surface area contributed by atoms with Gasteiger partial charge in [0.15, 0.2) is 11.3 Å². The number of sulfonamides is 1. The quantitative estimate of drug-likeness (QED) is 0.728. The first kappa shape index (κ1) is 14.4. The van der Waals surface area contributed by atoms with E-state index in [1.807, 2.05) is 16.7 Å². The summed E-state index contributed by atoms with van der Waals surface area (Å²) in [5.74, 6) is 0.773. The van der Waals surface area contributed by atoms with Gasteiger partial charge in [-0.25, -0.2) is 18.1 Å². The van der Waals surface area contributed by atoms with Gasteiger partial charge in [0.25, 0.3) is 0 Å². The van der Waals surface area contributed by atoms with Gasteiger partial charge in [0.1, 0.15) is 5.82 Å². The molecule has 9 heteroatoms. The van der Waals surface area contributed by atoms with Crippen LogP contribution in [0.5, 0.6) is 0 Å². The standard InChI is InChI=1S/C15H18N6O2S.2H2/c22-24(23,10-2-3-10)20-15(5-1-6-15)8-12-18-19-13-9-17-14-11(21(12)13)4-7-16-14;;/h4,7,9-10,16,20H,1-3,5-6,8H2;2*1H. The summed E-state index contributed by atoms with van der Waals surface area (Å²) in [4.78, 5) is 7.40. The number of nitrogens with zero attached hydrogens (tertiary/aromatic N) is 4. The maximum absolute atomic E-state index is 12.4. The van der Waals surface area contributed by atoms with Crippen LogP contribution in [0.15, 0.2) is 18.5 Å². The molecule has 3 aromatic rings. The van der Waals surface area contributed by atoms with E-state index in [0.717, 1.165) is 49.1 Å². The fourth-order valence-corrected chi connectivity index (χ4v) is 5.34. The second-order valence-electron chi connectivity index (χ2n) is 6.94. The number of aromatic nitrogens is 5. The zero-order valence-corrected chi connectivity index (χ0v) is 13.9. The molecule has 0 bridgehead atoms. The molecule has 0 radical (unpaired) electrons. The molecule has 0 unspecified atom stereocenters. The summed E-state index contributed by atoms with van der Waals surface area (Å²) in [5, 5.41) is 8.30. The molecule has 2 N–H and O–H groups in total. The van der Waals surface area contributed by atoms with E-state index in [1.54, 1.807) is 6.20 Å². The molecule has 2 aliphatic rings. The van der Waals surface area contributed by atoms with Gasteiger partial charge >= 0.3 is 0 Å². The Bertz CT molecular complexity index is 1040. The van der Waals surface area contributed by atoms with Crippen molar-refractivity contribution in [2.75, 3.05) is 0 Å². The van der Waals surface area contributed by atoms with Crippen LogP contribution in [-0.2, 0) is 16.4 Å². The molecule has 0 spiro atoms. The van der Waals surface area contributed by atoms with Gasteiger partial charge in [0, 0.05) is 21.0 Å². The van der Waals surface area contributed by atoms with E-state index >= 15 is 0 Å². The minimum absolute atomic E-state index is 0. The van der Waals surface area contributed by atoms with Crippen LogP contribution in [0.2, 0.25) is 0 Å².